The molecule has 1 heteroatoms. The third-order valence-electron chi connectivity index (χ3n) is 2.54. The second-order valence-corrected chi connectivity index (χ2v) is 3.22. The fraction of sp³-hybridized carbons (Fsp3) is 0.750. The molecule has 3 atom stereocenters. The molecule has 2 bridgehead atoms. The second-order valence-electron chi connectivity index (χ2n) is 3.22. The lowest BCUT2D eigenvalue weighted by Crippen LogP contribution is -2.11. The largest absolute Gasteiger partial charge is 0.393 e. The van der Waals surface area contributed by atoms with E-state index in [9.17, 15) is 5.11 Å². The molecular formula is C8H12O. The highest BCUT2D eigenvalue weighted by atomic mass is 16.3. The van der Waals surface area contributed by atoms with Gasteiger partial charge in [0.2, 0.25) is 0 Å². The van der Waals surface area contributed by atoms with Crippen LogP contribution in [0.5, 0.6) is 0 Å². The molecule has 0 aromatic carbocycles. The molecule has 1 saturated carbocycles. The molecule has 9 heavy (non-hydrogen) atoms. The van der Waals surface area contributed by atoms with Crippen molar-refractivity contribution >= 4 is 0 Å². The minimum atomic E-state index is 0.00463. The molecule has 1 nitrogen and oxygen atoms in total. The number of rotatable bonds is 0. The Morgan fingerprint density at radius 1 is 1.33 bits per heavy atom. The van der Waals surface area contributed by atoms with E-state index in [1.165, 1.54) is 6.42 Å². The molecule has 0 heterocycles. The maximum atomic E-state index is 9.36. The first kappa shape index (κ1) is 5.48. The van der Waals surface area contributed by atoms with Gasteiger partial charge in [-0.1, -0.05) is 12.2 Å². The fourth-order valence-corrected chi connectivity index (χ4v) is 2.00. The Hall–Kier alpha value is -0.300. The zero-order chi connectivity index (χ0) is 6.27. The smallest absolute Gasteiger partial charge is 0.0577 e. The van der Waals surface area contributed by atoms with Crippen LogP contribution < -0.4 is 0 Å². The maximum absolute atomic E-state index is 9.36. The standard InChI is InChI=1S/C8H12O/c9-8-5-6-2-1-3-7(8)4-6/h1-2,6-9H,3-5H2. The van der Waals surface area contributed by atoms with E-state index in [0.29, 0.717) is 11.8 Å². The van der Waals surface area contributed by atoms with Crippen molar-refractivity contribution in [3.8, 4) is 0 Å². The molecule has 0 spiro atoms. The molecule has 50 valence electrons. The first-order valence-electron chi connectivity index (χ1n) is 3.71. The number of hydrogen-bond acceptors (Lipinski definition) is 1. The molecule has 2 aliphatic rings. The van der Waals surface area contributed by atoms with Gasteiger partial charge in [0.05, 0.1) is 6.10 Å². The lowest BCUT2D eigenvalue weighted by molar-refractivity contribution is 0.134. The molecule has 0 aromatic rings. The third-order valence-corrected chi connectivity index (χ3v) is 2.54. The summed E-state index contributed by atoms with van der Waals surface area (Å²) in [6.07, 6.45) is 7.84. The van der Waals surface area contributed by atoms with Gasteiger partial charge in [-0.15, -0.1) is 0 Å². The Morgan fingerprint density at radius 2 is 2.22 bits per heavy atom. The first-order chi connectivity index (χ1) is 4.36. The molecule has 0 aliphatic heterocycles. The van der Waals surface area contributed by atoms with Gasteiger partial charge in [0.15, 0.2) is 0 Å². The Labute approximate surface area is 55.4 Å². The Kier molecular flexibility index (Phi) is 1.12. The van der Waals surface area contributed by atoms with E-state index in [-0.39, 0.29) is 6.10 Å². The topological polar surface area (TPSA) is 20.2 Å². The van der Waals surface area contributed by atoms with E-state index < -0.39 is 0 Å². The van der Waals surface area contributed by atoms with Crippen molar-refractivity contribution < 1.29 is 5.11 Å². The summed E-state index contributed by atoms with van der Waals surface area (Å²) in [5, 5.41) is 9.36. The van der Waals surface area contributed by atoms with Gasteiger partial charge in [-0.2, -0.15) is 0 Å². The predicted molar refractivity (Wildman–Crippen MR) is 36.0 cm³/mol. The monoisotopic (exact) mass is 124 g/mol. The number of aliphatic hydroxyl groups is 1. The lowest BCUT2D eigenvalue weighted by atomic mass is 9.95. The van der Waals surface area contributed by atoms with Gasteiger partial charge in [0.25, 0.3) is 0 Å². The molecule has 0 saturated heterocycles. The SMILES string of the molecule is OC1CC2C=CCC1C2. The van der Waals surface area contributed by atoms with Crippen LogP contribution in [0.4, 0.5) is 0 Å². The van der Waals surface area contributed by atoms with Crippen LogP contribution in [0.3, 0.4) is 0 Å². The van der Waals surface area contributed by atoms with Gasteiger partial charge < -0.3 is 5.11 Å². The van der Waals surface area contributed by atoms with Crippen molar-refractivity contribution in [1.29, 1.82) is 0 Å². The average molecular weight is 124 g/mol. The molecule has 1 N–H and O–H groups in total. The van der Waals surface area contributed by atoms with Crippen molar-refractivity contribution in [1.82, 2.24) is 0 Å². The Balaban J connectivity index is 2.17. The van der Waals surface area contributed by atoms with Crippen LogP contribution in [-0.2, 0) is 0 Å². The minimum absolute atomic E-state index is 0.00463. The molecule has 1 fully saturated rings. The number of hydrogen-bond donors (Lipinski definition) is 1. The van der Waals surface area contributed by atoms with Crippen LogP contribution in [0.15, 0.2) is 12.2 Å². The van der Waals surface area contributed by atoms with Gasteiger partial charge >= 0.3 is 0 Å². The maximum Gasteiger partial charge on any atom is 0.0577 e. The van der Waals surface area contributed by atoms with Crippen LogP contribution in [-0.4, -0.2) is 11.2 Å². The molecule has 0 amide bonds. The van der Waals surface area contributed by atoms with E-state index in [1.807, 2.05) is 0 Å². The summed E-state index contributed by atoms with van der Waals surface area (Å²) in [6.45, 7) is 0. The Morgan fingerprint density at radius 3 is 2.89 bits per heavy atom. The van der Waals surface area contributed by atoms with E-state index >= 15 is 0 Å². The summed E-state index contributed by atoms with van der Waals surface area (Å²) in [5.41, 5.74) is 0. The van der Waals surface area contributed by atoms with Gasteiger partial charge in [-0.25, -0.2) is 0 Å². The van der Waals surface area contributed by atoms with Gasteiger partial charge in [0, 0.05) is 0 Å². The van der Waals surface area contributed by atoms with E-state index in [1.54, 1.807) is 0 Å². The van der Waals surface area contributed by atoms with Crippen molar-refractivity contribution in [3.63, 3.8) is 0 Å². The minimum Gasteiger partial charge on any atom is -0.393 e. The van der Waals surface area contributed by atoms with Crippen molar-refractivity contribution in [3.05, 3.63) is 12.2 Å². The summed E-state index contributed by atoms with van der Waals surface area (Å²) in [5.74, 6) is 1.30. The lowest BCUT2D eigenvalue weighted by Gasteiger charge is -2.12. The normalized spacial score (nSPS) is 47.9. The van der Waals surface area contributed by atoms with Gasteiger partial charge in [-0.3, -0.25) is 0 Å². The summed E-state index contributed by atoms with van der Waals surface area (Å²) in [4.78, 5) is 0. The quantitative estimate of drug-likeness (QED) is 0.483. The first-order valence-corrected chi connectivity index (χ1v) is 3.71. The second kappa shape index (κ2) is 1.84. The average Bonchev–Trinajstić information content (AvgIpc) is 2.09. The van der Waals surface area contributed by atoms with Crippen LogP contribution in [0.1, 0.15) is 19.3 Å². The Bertz CT molecular complexity index is 138. The van der Waals surface area contributed by atoms with E-state index in [0.717, 1.165) is 12.8 Å². The number of allylic oxidation sites excluding steroid dienone is 2. The van der Waals surface area contributed by atoms with Gasteiger partial charge in [0.1, 0.15) is 0 Å². The molecule has 3 unspecified atom stereocenters. The third kappa shape index (κ3) is 0.799. The summed E-state index contributed by atoms with van der Waals surface area (Å²) < 4.78 is 0. The van der Waals surface area contributed by atoms with E-state index in [2.05, 4.69) is 12.2 Å². The van der Waals surface area contributed by atoms with Crippen LogP contribution in [0, 0.1) is 11.8 Å². The molecule has 2 rings (SSSR count). The predicted octanol–water partition coefficient (Wildman–Crippen LogP) is 1.33. The van der Waals surface area contributed by atoms with Crippen LogP contribution in [0.25, 0.3) is 0 Å². The van der Waals surface area contributed by atoms with Crippen molar-refractivity contribution in [2.45, 2.75) is 25.4 Å². The highest BCUT2D eigenvalue weighted by Gasteiger charge is 2.32. The summed E-state index contributed by atoms with van der Waals surface area (Å²) in [6, 6.07) is 0. The summed E-state index contributed by atoms with van der Waals surface area (Å²) >= 11 is 0. The molecule has 2 aliphatic carbocycles. The zero-order valence-electron chi connectivity index (χ0n) is 5.46. The summed E-state index contributed by atoms with van der Waals surface area (Å²) in [7, 11) is 0. The molecular weight excluding hydrogens is 112 g/mol. The van der Waals surface area contributed by atoms with Crippen LogP contribution >= 0.6 is 0 Å². The molecule has 0 aromatic heterocycles. The molecule has 0 radical (unpaired) electrons. The van der Waals surface area contributed by atoms with E-state index in [4.69, 9.17) is 0 Å². The van der Waals surface area contributed by atoms with Gasteiger partial charge in [-0.05, 0) is 31.1 Å². The van der Waals surface area contributed by atoms with Crippen molar-refractivity contribution in [2.24, 2.45) is 11.8 Å². The van der Waals surface area contributed by atoms with Crippen molar-refractivity contribution in [2.75, 3.05) is 0 Å². The number of aliphatic hydroxyl groups excluding tert-OH is 1. The highest BCUT2D eigenvalue weighted by molar-refractivity contribution is 5.03. The highest BCUT2D eigenvalue weighted by Crippen LogP contribution is 2.37. The fourth-order valence-electron chi connectivity index (χ4n) is 2.00. The van der Waals surface area contributed by atoms with Crippen LogP contribution in [0.2, 0.25) is 0 Å². The zero-order valence-corrected chi connectivity index (χ0v) is 5.46. The number of fused-ring (bicyclic) bond motifs is 2.